The van der Waals surface area contributed by atoms with Crippen molar-refractivity contribution in [3.8, 4) is 0 Å². The van der Waals surface area contributed by atoms with Crippen LogP contribution in [-0.4, -0.2) is 4.98 Å². The first-order valence-electron chi connectivity index (χ1n) is 12.2. The molecule has 0 radical (unpaired) electrons. The maximum atomic E-state index is 5.09. The predicted molar refractivity (Wildman–Crippen MR) is 155 cm³/mol. The molecule has 33 heavy (non-hydrogen) atoms. The van der Waals surface area contributed by atoms with Gasteiger partial charge in [-0.3, -0.25) is 4.98 Å². The highest BCUT2D eigenvalue weighted by Crippen LogP contribution is 2.25. The molecule has 0 amide bonds. The van der Waals surface area contributed by atoms with Gasteiger partial charge in [0.15, 0.2) is 0 Å². The van der Waals surface area contributed by atoms with Gasteiger partial charge in [0, 0.05) is 22.7 Å². The van der Waals surface area contributed by atoms with E-state index in [0.29, 0.717) is 17.3 Å². The molecule has 3 aromatic heterocycles. The summed E-state index contributed by atoms with van der Waals surface area (Å²) in [7, 11) is 0. The highest BCUT2D eigenvalue weighted by molar-refractivity contribution is 7.10. The van der Waals surface area contributed by atoms with Crippen molar-refractivity contribution >= 4 is 11.3 Å². The Kier molecular flexibility index (Phi) is 28.8. The van der Waals surface area contributed by atoms with E-state index in [-0.39, 0.29) is 7.43 Å². The van der Waals surface area contributed by atoms with Gasteiger partial charge >= 0.3 is 0 Å². The zero-order valence-corrected chi connectivity index (χ0v) is 24.0. The number of nitrogens with zero attached hydrogens (tertiary/aromatic N) is 1. The summed E-state index contributed by atoms with van der Waals surface area (Å²) in [6.45, 7) is 27.2. The molecule has 0 atom stereocenters. The molecule has 0 aliphatic heterocycles. The van der Waals surface area contributed by atoms with Gasteiger partial charge in [-0.1, -0.05) is 110 Å². The molecular formula is C30H55NOS. The van der Waals surface area contributed by atoms with Gasteiger partial charge in [0.1, 0.15) is 5.76 Å². The Morgan fingerprint density at radius 3 is 1.55 bits per heavy atom. The Labute approximate surface area is 211 Å². The molecule has 192 valence electrons. The van der Waals surface area contributed by atoms with Crippen LogP contribution in [0.4, 0.5) is 0 Å². The van der Waals surface area contributed by atoms with Crippen LogP contribution in [0, 0.1) is 0 Å². The normalized spacial score (nSPS) is 9.06. The van der Waals surface area contributed by atoms with Crippen molar-refractivity contribution in [2.45, 2.75) is 115 Å². The second kappa shape index (κ2) is 24.8. The van der Waals surface area contributed by atoms with Gasteiger partial charge in [-0.05, 0) is 47.0 Å². The fraction of sp³-hybridized carbons (Fsp3) is 0.567. The largest absolute Gasteiger partial charge is 0.469 e. The quantitative estimate of drug-likeness (QED) is 0.367. The van der Waals surface area contributed by atoms with E-state index in [1.807, 2.05) is 89.4 Å². The molecule has 0 saturated heterocycles. The zero-order valence-electron chi connectivity index (χ0n) is 23.2. The number of pyridine rings is 1. The molecule has 0 N–H and O–H groups in total. The van der Waals surface area contributed by atoms with E-state index >= 15 is 0 Å². The van der Waals surface area contributed by atoms with Crippen LogP contribution in [0.5, 0.6) is 0 Å². The molecule has 0 bridgehead atoms. The van der Waals surface area contributed by atoms with Crippen molar-refractivity contribution in [1.29, 1.82) is 0 Å². The van der Waals surface area contributed by atoms with E-state index in [0.717, 1.165) is 11.5 Å². The van der Waals surface area contributed by atoms with Crippen molar-refractivity contribution in [2.75, 3.05) is 0 Å². The number of thiophene rings is 1. The second-order valence-corrected chi connectivity index (χ2v) is 8.75. The minimum Gasteiger partial charge on any atom is -0.469 e. The van der Waals surface area contributed by atoms with Crippen molar-refractivity contribution in [2.24, 2.45) is 0 Å². The number of hydrogen-bond acceptors (Lipinski definition) is 3. The fourth-order valence-corrected chi connectivity index (χ4v) is 2.86. The lowest BCUT2D eigenvalue weighted by Gasteiger charge is -2.14. The first-order chi connectivity index (χ1) is 15.2. The lowest BCUT2D eigenvalue weighted by Crippen LogP contribution is -2.07. The Bertz CT molecular complexity index is 679. The third kappa shape index (κ3) is 20.5. The number of furan rings is 1. The van der Waals surface area contributed by atoms with Crippen LogP contribution in [0.25, 0.3) is 0 Å². The van der Waals surface area contributed by atoms with Gasteiger partial charge < -0.3 is 4.42 Å². The summed E-state index contributed by atoms with van der Waals surface area (Å²) < 4.78 is 5.09. The maximum Gasteiger partial charge on any atom is 0.106 e. The lowest BCUT2D eigenvalue weighted by molar-refractivity contribution is 0.487. The summed E-state index contributed by atoms with van der Waals surface area (Å²) in [5.41, 5.74) is 1.51. The summed E-state index contributed by atoms with van der Waals surface area (Å²) >= 11 is 1.83. The van der Waals surface area contributed by atoms with E-state index < -0.39 is 0 Å². The molecule has 3 rings (SSSR count). The second-order valence-electron chi connectivity index (χ2n) is 7.81. The zero-order chi connectivity index (χ0) is 25.6. The Hall–Kier alpha value is -1.87. The minimum absolute atomic E-state index is 0. The summed E-state index contributed by atoms with van der Waals surface area (Å²) in [5, 5.41) is 2.13. The average Bonchev–Trinajstić information content (AvgIpc) is 3.54. The highest BCUT2D eigenvalue weighted by atomic mass is 32.1. The van der Waals surface area contributed by atoms with Gasteiger partial charge in [-0.2, -0.15) is 0 Å². The molecule has 0 spiro atoms. The molecule has 3 heteroatoms. The Balaban J connectivity index is -0.000000169. The Morgan fingerprint density at radius 2 is 1.33 bits per heavy atom. The van der Waals surface area contributed by atoms with Gasteiger partial charge in [-0.25, -0.2) is 0 Å². The molecule has 0 saturated carbocycles. The molecule has 3 aromatic rings. The van der Waals surface area contributed by atoms with Crippen molar-refractivity contribution in [1.82, 2.24) is 4.98 Å². The van der Waals surface area contributed by atoms with Gasteiger partial charge in [0.2, 0.25) is 0 Å². The lowest BCUT2D eigenvalue weighted by atomic mass is 9.95. The van der Waals surface area contributed by atoms with Gasteiger partial charge in [-0.15, -0.1) is 11.3 Å². The van der Waals surface area contributed by atoms with Crippen LogP contribution >= 0.6 is 11.3 Å². The monoisotopic (exact) mass is 477 g/mol. The minimum atomic E-state index is 0. The third-order valence-corrected chi connectivity index (χ3v) is 4.95. The molecule has 2 nitrogen and oxygen atoms in total. The van der Waals surface area contributed by atoms with Crippen LogP contribution in [0.15, 0.2) is 64.7 Å². The number of hydrogen-bond donors (Lipinski definition) is 0. The van der Waals surface area contributed by atoms with Crippen molar-refractivity contribution in [3.63, 3.8) is 0 Å². The smallest absolute Gasteiger partial charge is 0.106 e. The van der Waals surface area contributed by atoms with Crippen molar-refractivity contribution in [3.05, 3.63) is 76.6 Å². The van der Waals surface area contributed by atoms with Gasteiger partial charge in [0.25, 0.3) is 0 Å². The van der Waals surface area contributed by atoms with Crippen molar-refractivity contribution < 1.29 is 4.42 Å². The van der Waals surface area contributed by atoms with E-state index in [2.05, 4.69) is 71.0 Å². The topological polar surface area (TPSA) is 26.0 Å². The summed E-state index contributed by atoms with van der Waals surface area (Å²) in [4.78, 5) is 5.64. The first-order valence-corrected chi connectivity index (χ1v) is 13.1. The summed E-state index contributed by atoms with van der Waals surface area (Å²) in [5.74, 6) is 2.13. The molecule has 0 aliphatic carbocycles. The van der Waals surface area contributed by atoms with E-state index in [9.17, 15) is 0 Å². The highest BCUT2D eigenvalue weighted by Gasteiger charge is 2.13. The van der Waals surface area contributed by atoms with Crippen LogP contribution in [0.3, 0.4) is 0 Å². The molecule has 0 fully saturated rings. The third-order valence-electron chi connectivity index (χ3n) is 3.65. The van der Waals surface area contributed by atoms with E-state index in [1.54, 1.807) is 6.26 Å². The van der Waals surface area contributed by atoms with Gasteiger partial charge in [0.05, 0.1) is 6.26 Å². The Morgan fingerprint density at radius 1 is 0.758 bits per heavy atom. The summed E-state index contributed by atoms with van der Waals surface area (Å²) in [6.07, 6.45) is 3.53. The fourth-order valence-electron chi connectivity index (χ4n) is 2.04. The van der Waals surface area contributed by atoms with Crippen LogP contribution < -0.4 is 0 Å². The standard InChI is InChI=1S/C8H11N.C8H12S.C7H10O.3C2H6.CH4/c1-7(2)8-5-3-4-6-9-8;1-8(2,3)7-5-4-6-9-7;1-6(2)7-4-3-5-8-7;3*1-2;/h3-7H,1-2H3;4-6H,1-3H3;3-6H,1-2H3;3*1-2H3;1H4. The molecule has 0 aliphatic rings. The number of aromatic nitrogens is 1. The maximum absolute atomic E-state index is 5.09. The van der Waals surface area contributed by atoms with Crippen LogP contribution in [0.1, 0.15) is 126 Å². The van der Waals surface area contributed by atoms with Crippen LogP contribution in [0.2, 0.25) is 0 Å². The SMILES string of the molecule is C.CC.CC.CC.CC(C)(C)c1cccs1.CC(C)c1ccccn1.CC(C)c1ccco1. The summed E-state index contributed by atoms with van der Waals surface area (Å²) in [6, 6.07) is 14.2. The number of rotatable bonds is 2. The van der Waals surface area contributed by atoms with Crippen LogP contribution in [-0.2, 0) is 5.41 Å². The first kappa shape index (κ1) is 38.4. The molecular weight excluding hydrogens is 422 g/mol. The predicted octanol–water partition coefficient (Wildman–Crippen LogP) is 11.4. The van der Waals surface area contributed by atoms with E-state index in [4.69, 9.17) is 4.42 Å². The van der Waals surface area contributed by atoms with E-state index in [1.165, 1.54) is 4.88 Å². The molecule has 3 heterocycles. The average molecular weight is 478 g/mol. The molecule has 0 unspecified atom stereocenters. The molecule has 0 aromatic carbocycles.